The number of carbonyl (C=O) groups is 1. The van der Waals surface area contributed by atoms with E-state index in [-0.39, 0.29) is 16.6 Å². The lowest BCUT2D eigenvalue weighted by Gasteiger charge is -2.06. The second-order valence-electron chi connectivity index (χ2n) is 4.13. The number of carbonyl (C=O) groups excluding carboxylic acids is 1. The van der Waals surface area contributed by atoms with Gasteiger partial charge in [0.05, 0.1) is 4.90 Å². The van der Waals surface area contributed by atoms with Crippen molar-refractivity contribution in [3.63, 3.8) is 0 Å². The molecule has 0 aliphatic heterocycles. The van der Waals surface area contributed by atoms with Gasteiger partial charge < -0.3 is 9.84 Å². The summed E-state index contributed by atoms with van der Waals surface area (Å²) in [5.41, 5.74) is 0.522. The van der Waals surface area contributed by atoms with E-state index in [0.717, 1.165) is 0 Å². The van der Waals surface area contributed by atoms with Crippen LogP contribution in [-0.2, 0) is 14.8 Å². The second kappa shape index (κ2) is 5.33. The number of anilines is 2. The lowest BCUT2D eigenvalue weighted by molar-refractivity contribution is -0.114. The topological polar surface area (TPSA) is 101 Å². The molecule has 0 atom stereocenters. The molecule has 2 rings (SSSR count). The molecule has 0 saturated heterocycles. The molecule has 0 spiro atoms. The summed E-state index contributed by atoms with van der Waals surface area (Å²) < 4.78 is 31.2. The molecular weight excluding hydrogens is 288 g/mol. The Morgan fingerprint density at radius 3 is 2.40 bits per heavy atom. The number of aromatic nitrogens is 1. The van der Waals surface area contributed by atoms with E-state index in [9.17, 15) is 13.2 Å². The Morgan fingerprint density at radius 1 is 1.25 bits per heavy atom. The molecule has 2 aromatic rings. The van der Waals surface area contributed by atoms with Crippen molar-refractivity contribution in [2.45, 2.75) is 18.7 Å². The van der Waals surface area contributed by atoms with Crippen LogP contribution in [0.3, 0.4) is 0 Å². The van der Waals surface area contributed by atoms with E-state index in [2.05, 4.69) is 15.2 Å². The maximum absolute atomic E-state index is 12.1. The quantitative estimate of drug-likeness (QED) is 0.895. The van der Waals surface area contributed by atoms with E-state index in [1.54, 1.807) is 6.92 Å². The van der Waals surface area contributed by atoms with E-state index in [4.69, 9.17) is 4.52 Å². The Morgan fingerprint density at radius 2 is 1.90 bits per heavy atom. The van der Waals surface area contributed by atoms with E-state index < -0.39 is 10.0 Å². The highest BCUT2D eigenvalue weighted by molar-refractivity contribution is 7.92. The van der Waals surface area contributed by atoms with Crippen LogP contribution in [0.5, 0.6) is 0 Å². The monoisotopic (exact) mass is 301 g/mol. The summed E-state index contributed by atoms with van der Waals surface area (Å²) in [6.45, 7) is 3.03. The minimum Gasteiger partial charge on any atom is -0.360 e. The molecule has 0 radical (unpaired) electrons. The Kier molecular flexibility index (Phi) is 3.75. The predicted octanol–water partition coefficient (Wildman–Crippen LogP) is 1.74. The number of rotatable bonds is 4. The molecular formula is C12H13N3O4S. The highest BCUT2D eigenvalue weighted by Crippen LogP contribution is 2.18. The molecule has 7 nitrogen and oxygen atoms in total. The van der Waals surface area contributed by atoms with Crippen LogP contribution in [0.15, 0.2) is 39.8 Å². The number of benzene rings is 1. The molecule has 1 heterocycles. The van der Waals surface area contributed by atoms with Gasteiger partial charge in [0.25, 0.3) is 10.0 Å². The maximum Gasteiger partial charge on any atom is 0.263 e. The first-order valence-electron chi connectivity index (χ1n) is 5.70. The van der Waals surface area contributed by atoms with Crippen LogP contribution >= 0.6 is 0 Å². The summed E-state index contributed by atoms with van der Waals surface area (Å²) in [4.78, 5) is 10.9. The minimum atomic E-state index is -3.73. The van der Waals surface area contributed by atoms with Gasteiger partial charge >= 0.3 is 0 Å². The first kappa shape index (κ1) is 14.1. The molecule has 8 heteroatoms. The summed E-state index contributed by atoms with van der Waals surface area (Å²) in [5, 5.41) is 6.12. The third kappa shape index (κ3) is 3.35. The fraction of sp³-hybridized carbons (Fsp3) is 0.167. The first-order chi connectivity index (χ1) is 9.37. The van der Waals surface area contributed by atoms with Gasteiger partial charge in [0, 0.05) is 18.7 Å². The number of hydrogen-bond donors (Lipinski definition) is 2. The van der Waals surface area contributed by atoms with Crippen molar-refractivity contribution in [1.82, 2.24) is 5.16 Å². The van der Waals surface area contributed by atoms with Gasteiger partial charge in [-0.1, -0.05) is 5.16 Å². The Bertz CT molecular complexity index is 719. The third-order valence-corrected chi connectivity index (χ3v) is 3.72. The Hall–Kier alpha value is -2.35. The normalized spacial score (nSPS) is 11.1. The molecule has 0 unspecified atom stereocenters. The molecule has 106 valence electrons. The molecule has 2 N–H and O–H groups in total. The molecule has 0 aliphatic carbocycles. The van der Waals surface area contributed by atoms with Crippen LogP contribution in [0.25, 0.3) is 0 Å². The van der Waals surface area contributed by atoms with Crippen LogP contribution in [0, 0.1) is 6.92 Å². The summed E-state index contributed by atoms with van der Waals surface area (Å²) in [5.74, 6) is 0.397. The van der Waals surface area contributed by atoms with Gasteiger partial charge in [-0.25, -0.2) is 8.42 Å². The Balaban J connectivity index is 2.19. The van der Waals surface area contributed by atoms with Crippen molar-refractivity contribution in [2.24, 2.45) is 0 Å². The maximum atomic E-state index is 12.1. The third-order valence-electron chi connectivity index (χ3n) is 2.35. The van der Waals surface area contributed by atoms with E-state index in [1.165, 1.54) is 37.3 Å². The van der Waals surface area contributed by atoms with Gasteiger partial charge in [-0.2, -0.15) is 0 Å². The van der Waals surface area contributed by atoms with Crippen molar-refractivity contribution in [2.75, 3.05) is 10.0 Å². The second-order valence-corrected chi connectivity index (χ2v) is 5.82. The number of amides is 1. The van der Waals surface area contributed by atoms with Crippen LogP contribution in [0.2, 0.25) is 0 Å². The first-order valence-corrected chi connectivity index (χ1v) is 7.19. The van der Waals surface area contributed by atoms with Crippen LogP contribution in [0.4, 0.5) is 11.5 Å². The summed E-state index contributed by atoms with van der Waals surface area (Å²) in [6.07, 6.45) is 0. The van der Waals surface area contributed by atoms with Crippen LogP contribution < -0.4 is 10.0 Å². The van der Waals surface area contributed by atoms with Crippen molar-refractivity contribution in [1.29, 1.82) is 0 Å². The number of nitrogens with one attached hydrogen (secondary N) is 2. The van der Waals surface area contributed by atoms with Gasteiger partial charge in [0.2, 0.25) is 5.91 Å². The van der Waals surface area contributed by atoms with Crippen molar-refractivity contribution < 1.29 is 17.7 Å². The van der Waals surface area contributed by atoms with Gasteiger partial charge in [0.1, 0.15) is 5.76 Å². The zero-order chi connectivity index (χ0) is 14.8. The number of hydrogen-bond acceptors (Lipinski definition) is 5. The average molecular weight is 301 g/mol. The van der Waals surface area contributed by atoms with Crippen molar-refractivity contribution in [3.8, 4) is 0 Å². The smallest absolute Gasteiger partial charge is 0.263 e. The fourth-order valence-electron chi connectivity index (χ4n) is 1.53. The zero-order valence-corrected chi connectivity index (χ0v) is 11.7. The highest BCUT2D eigenvalue weighted by atomic mass is 32.2. The largest absolute Gasteiger partial charge is 0.360 e. The number of aryl methyl sites for hydroxylation is 1. The minimum absolute atomic E-state index is 0.0623. The lowest BCUT2D eigenvalue weighted by Crippen LogP contribution is -2.13. The highest BCUT2D eigenvalue weighted by Gasteiger charge is 2.16. The molecule has 1 amide bonds. The fourth-order valence-corrected chi connectivity index (χ4v) is 2.52. The molecule has 20 heavy (non-hydrogen) atoms. The van der Waals surface area contributed by atoms with E-state index >= 15 is 0 Å². The number of nitrogens with zero attached hydrogens (tertiary/aromatic N) is 1. The molecule has 0 saturated carbocycles. The van der Waals surface area contributed by atoms with Gasteiger partial charge in [-0.15, -0.1) is 0 Å². The van der Waals surface area contributed by atoms with Gasteiger partial charge in [-0.3, -0.25) is 9.52 Å². The Labute approximate surface area is 116 Å². The molecule has 0 aliphatic rings. The molecule has 0 fully saturated rings. The average Bonchev–Trinajstić information content (AvgIpc) is 2.74. The molecule has 0 bridgehead atoms. The SMILES string of the molecule is CC(=O)N[13c]1[13cH][13cH][13c](S(=O)(=O)Nc2cc(C)on2)[13cH][13cH]1. The van der Waals surface area contributed by atoms with Crippen molar-refractivity contribution >= 4 is 27.4 Å². The van der Waals surface area contributed by atoms with E-state index in [1.807, 2.05) is 0 Å². The molecule has 1 aromatic carbocycles. The van der Waals surface area contributed by atoms with Crippen molar-refractivity contribution in [3.05, 3.63) is 36.1 Å². The summed E-state index contributed by atoms with van der Waals surface area (Å²) in [7, 11) is -3.73. The van der Waals surface area contributed by atoms with Gasteiger partial charge in [-0.05, 0) is 31.2 Å². The summed E-state index contributed by atoms with van der Waals surface area (Å²) in [6, 6.07) is 7.26. The van der Waals surface area contributed by atoms with E-state index in [0.29, 0.717) is 11.4 Å². The lowest BCUT2D eigenvalue weighted by atomic mass is 10.5. The number of sulfonamides is 1. The predicted molar refractivity (Wildman–Crippen MR) is 72.8 cm³/mol. The molecule has 1 aromatic heterocycles. The summed E-state index contributed by atoms with van der Waals surface area (Å²) >= 11 is 0. The standard InChI is InChI=1S/C12H13N3O4S/c1-8-7-12(14-19-8)15-20(17,18)11-5-3-10(4-6-11)13-9(2)16/h3-7H,1-2H3,(H,13,16)(H,14,15)/i3+1,4+1,5+1,6+1,10+1,11+1. The zero-order valence-electron chi connectivity index (χ0n) is 10.9. The van der Waals surface area contributed by atoms with Crippen LogP contribution in [0.1, 0.15) is 12.7 Å². The van der Waals surface area contributed by atoms with Gasteiger partial charge in [0.15, 0.2) is 5.82 Å². The van der Waals surface area contributed by atoms with Crippen LogP contribution in [-0.4, -0.2) is 19.5 Å².